The third kappa shape index (κ3) is 3.26. The number of hydrogen-bond donors (Lipinski definition) is 2. The van der Waals surface area contributed by atoms with Gasteiger partial charge in [-0.15, -0.1) is 25.3 Å². The molecular formula is C4H10OS2. The van der Waals surface area contributed by atoms with E-state index in [1.54, 1.807) is 7.11 Å². The molecule has 0 aliphatic heterocycles. The van der Waals surface area contributed by atoms with E-state index < -0.39 is 4.27 Å². The Balaban J connectivity index is 3.36. The molecule has 0 fully saturated rings. The van der Waals surface area contributed by atoms with Crippen LogP contribution in [0.4, 0.5) is 0 Å². The Kier molecular flexibility index (Phi) is 3.11. The predicted molar refractivity (Wildman–Crippen MR) is 38.0 cm³/mol. The molecule has 0 bridgehead atoms. The Morgan fingerprint density at radius 3 is 2.00 bits per heavy atom. The lowest BCUT2D eigenvalue weighted by atomic mass is 10.5. The van der Waals surface area contributed by atoms with E-state index in [9.17, 15) is 0 Å². The second-order valence-electron chi connectivity index (χ2n) is 1.30. The van der Waals surface area contributed by atoms with Gasteiger partial charge in [-0.25, -0.2) is 0 Å². The van der Waals surface area contributed by atoms with Gasteiger partial charge in [0.15, 0.2) is 4.27 Å². The van der Waals surface area contributed by atoms with Crippen molar-refractivity contribution >= 4 is 25.3 Å². The summed E-state index contributed by atoms with van der Waals surface area (Å²) in [5.74, 6) is 0. The molecular weight excluding hydrogens is 128 g/mol. The molecule has 0 aromatic heterocycles. The van der Waals surface area contributed by atoms with Gasteiger partial charge in [0.1, 0.15) is 0 Å². The summed E-state index contributed by atoms with van der Waals surface area (Å²) in [5.41, 5.74) is 0. The van der Waals surface area contributed by atoms with Gasteiger partial charge in [-0.1, -0.05) is 6.92 Å². The molecule has 1 nitrogen and oxygen atoms in total. The number of methoxy groups -OCH3 is 1. The summed E-state index contributed by atoms with van der Waals surface area (Å²) in [7, 11) is 1.59. The zero-order valence-corrected chi connectivity index (χ0v) is 6.30. The molecule has 0 radical (unpaired) electrons. The molecule has 3 heteroatoms. The number of hydrogen-bond acceptors (Lipinski definition) is 3. The van der Waals surface area contributed by atoms with Crippen molar-refractivity contribution < 1.29 is 4.74 Å². The van der Waals surface area contributed by atoms with Gasteiger partial charge in [-0.05, 0) is 6.42 Å². The fourth-order valence-electron chi connectivity index (χ4n) is 0.144. The number of thiol groups is 2. The molecule has 0 rings (SSSR count). The molecule has 0 saturated carbocycles. The lowest BCUT2D eigenvalue weighted by Gasteiger charge is -2.16. The fourth-order valence-corrected chi connectivity index (χ4v) is 0.144. The first-order chi connectivity index (χ1) is 3.12. The van der Waals surface area contributed by atoms with Crippen molar-refractivity contribution in [1.29, 1.82) is 0 Å². The van der Waals surface area contributed by atoms with E-state index in [-0.39, 0.29) is 0 Å². The number of rotatable bonds is 2. The molecule has 0 spiro atoms. The summed E-state index contributed by atoms with van der Waals surface area (Å²) < 4.78 is 4.29. The maximum Gasteiger partial charge on any atom is 0.154 e. The van der Waals surface area contributed by atoms with Crippen LogP contribution in [0.1, 0.15) is 13.3 Å². The highest BCUT2D eigenvalue weighted by atomic mass is 32.2. The van der Waals surface area contributed by atoms with Crippen LogP contribution in [0.15, 0.2) is 0 Å². The average Bonchev–Trinajstić information content (AvgIpc) is 1.68. The summed E-state index contributed by atoms with van der Waals surface area (Å²) in [6.45, 7) is 1.96. The minimum atomic E-state index is -0.528. The largest absolute Gasteiger partial charge is 0.359 e. The van der Waals surface area contributed by atoms with E-state index in [2.05, 4.69) is 25.3 Å². The first-order valence-electron chi connectivity index (χ1n) is 2.12. The van der Waals surface area contributed by atoms with Crippen LogP contribution in [0.25, 0.3) is 0 Å². The van der Waals surface area contributed by atoms with Crippen molar-refractivity contribution in [3.8, 4) is 0 Å². The third-order valence-corrected chi connectivity index (χ3v) is 1.79. The second-order valence-corrected chi connectivity index (χ2v) is 3.10. The molecule has 7 heavy (non-hydrogen) atoms. The van der Waals surface area contributed by atoms with Crippen LogP contribution >= 0.6 is 25.3 Å². The highest BCUT2D eigenvalue weighted by molar-refractivity contribution is 8.00. The van der Waals surface area contributed by atoms with Crippen molar-refractivity contribution in [1.82, 2.24) is 0 Å². The standard InChI is InChI=1S/C4H10OS2/c1-3-4(6,7)5-2/h6-7H,3H2,1-2H3. The third-order valence-electron chi connectivity index (χ3n) is 0.787. The first-order valence-corrected chi connectivity index (χ1v) is 3.01. The van der Waals surface area contributed by atoms with Gasteiger partial charge in [0, 0.05) is 7.11 Å². The van der Waals surface area contributed by atoms with Crippen LogP contribution in [0.2, 0.25) is 0 Å². The van der Waals surface area contributed by atoms with Crippen LogP contribution in [0, 0.1) is 0 Å². The van der Waals surface area contributed by atoms with Gasteiger partial charge in [0.05, 0.1) is 0 Å². The van der Waals surface area contributed by atoms with Crippen LogP contribution in [0.3, 0.4) is 0 Å². The molecule has 0 heterocycles. The zero-order valence-electron chi connectivity index (χ0n) is 4.51. The van der Waals surface area contributed by atoms with Crippen LogP contribution in [-0.2, 0) is 4.74 Å². The first kappa shape index (κ1) is 7.66. The van der Waals surface area contributed by atoms with Crippen LogP contribution in [0.5, 0.6) is 0 Å². The Hall–Kier alpha value is 0.660. The van der Waals surface area contributed by atoms with Gasteiger partial charge < -0.3 is 4.74 Å². The second kappa shape index (κ2) is 2.84. The van der Waals surface area contributed by atoms with Crippen molar-refractivity contribution in [3.05, 3.63) is 0 Å². The smallest absolute Gasteiger partial charge is 0.154 e. The topological polar surface area (TPSA) is 9.23 Å². The average molecular weight is 138 g/mol. The van der Waals surface area contributed by atoms with Gasteiger partial charge in [-0.3, -0.25) is 0 Å². The van der Waals surface area contributed by atoms with E-state index in [0.717, 1.165) is 6.42 Å². The molecule has 0 atom stereocenters. The van der Waals surface area contributed by atoms with Crippen molar-refractivity contribution in [3.63, 3.8) is 0 Å². The molecule has 0 amide bonds. The van der Waals surface area contributed by atoms with Gasteiger partial charge in [-0.2, -0.15) is 0 Å². The molecule has 0 N–H and O–H groups in total. The van der Waals surface area contributed by atoms with Crippen LogP contribution in [-0.4, -0.2) is 11.4 Å². The molecule has 0 aliphatic rings. The summed E-state index contributed by atoms with van der Waals surface area (Å²) in [5, 5.41) is 0. The molecule has 0 aliphatic carbocycles. The van der Waals surface area contributed by atoms with Crippen molar-refractivity contribution in [2.45, 2.75) is 17.6 Å². The Labute approximate surface area is 55.3 Å². The molecule has 0 aromatic carbocycles. The molecule has 0 saturated heterocycles. The molecule has 0 unspecified atom stereocenters. The summed E-state index contributed by atoms with van der Waals surface area (Å²) in [6.07, 6.45) is 0.801. The summed E-state index contributed by atoms with van der Waals surface area (Å²) >= 11 is 8.06. The van der Waals surface area contributed by atoms with Gasteiger partial charge >= 0.3 is 0 Å². The molecule has 44 valence electrons. The summed E-state index contributed by atoms with van der Waals surface area (Å²) in [6, 6.07) is 0. The maximum absolute atomic E-state index is 4.82. The van der Waals surface area contributed by atoms with E-state index in [1.807, 2.05) is 6.92 Å². The monoisotopic (exact) mass is 138 g/mol. The normalized spacial score (nSPS) is 12.0. The minimum absolute atomic E-state index is 0.528. The van der Waals surface area contributed by atoms with Crippen LogP contribution < -0.4 is 0 Å². The van der Waals surface area contributed by atoms with E-state index in [4.69, 9.17) is 4.74 Å². The zero-order chi connectivity index (χ0) is 5.91. The Bertz CT molecular complexity index is 47.7. The summed E-state index contributed by atoms with van der Waals surface area (Å²) in [4.78, 5) is 0. The highest BCUT2D eigenvalue weighted by Crippen LogP contribution is 2.23. The number of ether oxygens (including phenoxy) is 1. The lowest BCUT2D eigenvalue weighted by molar-refractivity contribution is 0.146. The van der Waals surface area contributed by atoms with E-state index >= 15 is 0 Å². The molecule has 0 aromatic rings. The van der Waals surface area contributed by atoms with E-state index in [0.29, 0.717) is 0 Å². The highest BCUT2D eigenvalue weighted by Gasteiger charge is 2.13. The fraction of sp³-hybridized carbons (Fsp3) is 1.00. The quantitative estimate of drug-likeness (QED) is 0.435. The van der Waals surface area contributed by atoms with E-state index in [1.165, 1.54) is 0 Å². The van der Waals surface area contributed by atoms with Gasteiger partial charge in [0.25, 0.3) is 0 Å². The predicted octanol–water partition coefficient (Wildman–Crippen LogP) is 1.56. The minimum Gasteiger partial charge on any atom is -0.359 e. The Morgan fingerprint density at radius 1 is 1.57 bits per heavy atom. The lowest BCUT2D eigenvalue weighted by Crippen LogP contribution is -2.12. The van der Waals surface area contributed by atoms with Gasteiger partial charge in [0.2, 0.25) is 0 Å². The van der Waals surface area contributed by atoms with Crippen molar-refractivity contribution in [2.75, 3.05) is 7.11 Å². The maximum atomic E-state index is 4.82. The SMILES string of the molecule is CCC(S)(S)OC. The van der Waals surface area contributed by atoms with Crippen molar-refractivity contribution in [2.24, 2.45) is 0 Å². The Morgan fingerprint density at radius 2 is 2.00 bits per heavy atom.